The van der Waals surface area contributed by atoms with Crippen LogP contribution in [0.3, 0.4) is 0 Å². The number of nitrogens with one attached hydrogen (secondary N) is 2. The van der Waals surface area contributed by atoms with Crippen LogP contribution < -0.4 is 10.6 Å². The highest BCUT2D eigenvalue weighted by atomic mass is 35.5. The van der Waals surface area contributed by atoms with E-state index in [4.69, 9.17) is 11.6 Å². The Balaban J connectivity index is 1.84. The molecule has 0 radical (unpaired) electrons. The van der Waals surface area contributed by atoms with E-state index in [1.54, 1.807) is 18.2 Å². The lowest BCUT2D eigenvalue weighted by Crippen LogP contribution is -2.34. The topological polar surface area (TPSA) is 58.2 Å². The maximum absolute atomic E-state index is 11.7. The number of hydrogen-bond donors (Lipinski definition) is 2. The molecule has 1 fully saturated rings. The van der Waals surface area contributed by atoms with Crippen molar-refractivity contribution in [3.63, 3.8) is 0 Å². The van der Waals surface area contributed by atoms with Crippen LogP contribution in [-0.4, -0.2) is 18.4 Å². The van der Waals surface area contributed by atoms with Gasteiger partial charge in [-0.2, -0.15) is 0 Å². The molecule has 1 aromatic rings. The molecule has 0 unspecified atom stereocenters. The fourth-order valence-electron chi connectivity index (χ4n) is 1.92. The van der Waals surface area contributed by atoms with Gasteiger partial charge in [0, 0.05) is 16.6 Å². The summed E-state index contributed by atoms with van der Waals surface area (Å²) in [6, 6.07) is 5.32. The molecule has 0 saturated heterocycles. The van der Waals surface area contributed by atoms with Gasteiger partial charge < -0.3 is 10.6 Å². The van der Waals surface area contributed by atoms with Crippen molar-refractivity contribution >= 4 is 29.1 Å². The maximum atomic E-state index is 11.7. The zero-order valence-corrected chi connectivity index (χ0v) is 11.8. The molecule has 5 heteroatoms. The summed E-state index contributed by atoms with van der Waals surface area (Å²) >= 11 is 5.97. The minimum Gasteiger partial charge on any atom is -0.347 e. The van der Waals surface area contributed by atoms with Gasteiger partial charge in [-0.25, -0.2) is 0 Å². The number of anilines is 1. The van der Waals surface area contributed by atoms with Crippen LogP contribution in [0.4, 0.5) is 5.69 Å². The Kier molecular flexibility index (Phi) is 4.10. The normalized spacial score (nSPS) is 20.8. The van der Waals surface area contributed by atoms with Crippen molar-refractivity contribution in [1.29, 1.82) is 0 Å². The lowest BCUT2D eigenvalue weighted by atomic mass is 10.2. The molecule has 1 aromatic carbocycles. The zero-order valence-electron chi connectivity index (χ0n) is 11.0. The summed E-state index contributed by atoms with van der Waals surface area (Å²) in [6.07, 6.45) is 0.918. The van der Waals surface area contributed by atoms with Crippen molar-refractivity contribution in [2.24, 2.45) is 11.8 Å². The molecule has 0 spiro atoms. The highest BCUT2D eigenvalue weighted by Crippen LogP contribution is 2.37. The Bertz CT molecular complexity index is 516. The summed E-state index contributed by atoms with van der Waals surface area (Å²) in [4.78, 5) is 23.3. The molecule has 2 rings (SSSR count). The minimum absolute atomic E-state index is 0.00595. The standard InChI is InChI=1S/C14H17ClN2O2/c1-8-6-10(8)14(19)16-7-13(18)17-12-5-3-4-11(15)9(12)2/h3-5,8,10H,6-7H2,1-2H3,(H,16,19)(H,17,18)/t8-,10+/m0/s1. The van der Waals surface area contributed by atoms with Crippen molar-refractivity contribution in [2.75, 3.05) is 11.9 Å². The molecule has 102 valence electrons. The van der Waals surface area contributed by atoms with Crippen LogP contribution in [0.5, 0.6) is 0 Å². The Morgan fingerprint density at radius 1 is 1.42 bits per heavy atom. The average Bonchev–Trinajstić information content (AvgIpc) is 3.09. The second-order valence-corrected chi connectivity index (χ2v) is 5.41. The van der Waals surface area contributed by atoms with Crippen molar-refractivity contribution in [1.82, 2.24) is 5.32 Å². The second kappa shape index (κ2) is 5.61. The first-order valence-electron chi connectivity index (χ1n) is 6.31. The van der Waals surface area contributed by atoms with Crippen LogP contribution in [0, 0.1) is 18.8 Å². The molecule has 1 aliphatic rings. The smallest absolute Gasteiger partial charge is 0.243 e. The number of amides is 2. The first kappa shape index (κ1) is 13.9. The Morgan fingerprint density at radius 3 is 2.74 bits per heavy atom. The van der Waals surface area contributed by atoms with E-state index in [1.807, 2.05) is 13.8 Å². The van der Waals surface area contributed by atoms with E-state index >= 15 is 0 Å². The fourth-order valence-corrected chi connectivity index (χ4v) is 2.10. The van der Waals surface area contributed by atoms with Crippen LogP contribution in [0.2, 0.25) is 5.02 Å². The summed E-state index contributed by atoms with van der Waals surface area (Å²) in [6.45, 7) is 3.86. The van der Waals surface area contributed by atoms with Crippen LogP contribution in [0.1, 0.15) is 18.9 Å². The molecule has 19 heavy (non-hydrogen) atoms. The van der Waals surface area contributed by atoms with E-state index in [0.29, 0.717) is 16.6 Å². The molecule has 1 aliphatic carbocycles. The number of carbonyl (C=O) groups is 2. The summed E-state index contributed by atoms with van der Waals surface area (Å²) < 4.78 is 0. The van der Waals surface area contributed by atoms with E-state index in [0.717, 1.165) is 12.0 Å². The van der Waals surface area contributed by atoms with Gasteiger partial charge in [0.05, 0.1) is 6.54 Å². The van der Waals surface area contributed by atoms with Gasteiger partial charge >= 0.3 is 0 Å². The number of halogens is 1. The fraction of sp³-hybridized carbons (Fsp3) is 0.429. The maximum Gasteiger partial charge on any atom is 0.243 e. The van der Waals surface area contributed by atoms with Crippen molar-refractivity contribution < 1.29 is 9.59 Å². The predicted molar refractivity (Wildman–Crippen MR) is 75.1 cm³/mol. The van der Waals surface area contributed by atoms with E-state index < -0.39 is 0 Å². The van der Waals surface area contributed by atoms with E-state index in [2.05, 4.69) is 10.6 Å². The molecule has 4 nitrogen and oxygen atoms in total. The van der Waals surface area contributed by atoms with Gasteiger partial charge in [-0.15, -0.1) is 0 Å². The summed E-state index contributed by atoms with van der Waals surface area (Å²) in [5, 5.41) is 5.99. The van der Waals surface area contributed by atoms with Crippen LogP contribution in [0.25, 0.3) is 0 Å². The van der Waals surface area contributed by atoms with Gasteiger partial charge in [0.15, 0.2) is 0 Å². The molecule has 1 saturated carbocycles. The quantitative estimate of drug-likeness (QED) is 0.889. The van der Waals surface area contributed by atoms with Crippen LogP contribution >= 0.6 is 11.6 Å². The molecule has 0 aliphatic heterocycles. The third-order valence-corrected chi connectivity index (χ3v) is 3.82. The number of benzene rings is 1. The van der Waals surface area contributed by atoms with E-state index in [-0.39, 0.29) is 24.3 Å². The van der Waals surface area contributed by atoms with E-state index in [1.165, 1.54) is 0 Å². The highest BCUT2D eigenvalue weighted by molar-refractivity contribution is 6.31. The first-order valence-corrected chi connectivity index (χ1v) is 6.69. The largest absolute Gasteiger partial charge is 0.347 e. The molecule has 2 N–H and O–H groups in total. The molecule has 0 bridgehead atoms. The monoisotopic (exact) mass is 280 g/mol. The zero-order chi connectivity index (χ0) is 14.0. The Morgan fingerprint density at radius 2 is 2.11 bits per heavy atom. The molecule has 0 heterocycles. The van der Waals surface area contributed by atoms with Crippen molar-refractivity contribution in [2.45, 2.75) is 20.3 Å². The number of hydrogen-bond acceptors (Lipinski definition) is 2. The van der Waals surface area contributed by atoms with Gasteiger partial charge in [0.25, 0.3) is 0 Å². The average molecular weight is 281 g/mol. The lowest BCUT2D eigenvalue weighted by molar-refractivity contribution is -0.125. The Labute approximate surface area is 117 Å². The Hall–Kier alpha value is -1.55. The van der Waals surface area contributed by atoms with Crippen molar-refractivity contribution in [3.8, 4) is 0 Å². The SMILES string of the molecule is Cc1c(Cl)cccc1NC(=O)CNC(=O)[C@@H]1C[C@@H]1C. The van der Waals surface area contributed by atoms with Gasteiger partial charge in [-0.05, 0) is 37.0 Å². The summed E-state index contributed by atoms with van der Waals surface area (Å²) in [5.41, 5.74) is 1.49. The predicted octanol–water partition coefficient (Wildman–Crippen LogP) is 2.36. The lowest BCUT2D eigenvalue weighted by Gasteiger charge is -2.10. The molecular weight excluding hydrogens is 264 g/mol. The molecule has 0 aromatic heterocycles. The van der Waals surface area contributed by atoms with Crippen molar-refractivity contribution in [3.05, 3.63) is 28.8 Å². The van der Waals surface area contributed by atoms with Gasteiger partial charge in [0.2, 0.25) is 11.8 Å². The van der Waals surface area contributed by atoms with Crippen LogP contribution in [0.15, 0.2) is 18.2 Å². The highest BCUT2D eigenvalue weighted by Gasteiger charge is 2.38. The molecule has 2 amide bonds. The van der Waals surface area contributed by atoms with Gasteiger partial charge in [0.1, 0.15) is 0 Å². The van der Waals surface area contributed by atoms with Gasteiger partial charge in [-0.3, -0.25) is 9.59 Å². The molecule has 2 atom stereocenters. The van der Waals surface area contributed by atoms with Crippen LogP contribution in [-0.2, 0) is 9.59 Å². The molecular formula is C14H17ClN2O2. The third kappa shape index (κ3) is 3.47. The summed E-state index contributed by atoms with van der Waals surface area (Å²) in [5.74, 6) is 0.247. The summed E-state index contributed by atoms with van der Waals surface area (Å²) in [7, 11) is 0. The minimum atomic E-state index is -0.244. The number of rotatable bonds is 4. The third-order valence-electron chi connectivity index (χ3n) is 3.41. The second-order valence-electron chi connectivity index (χ2n) is 5.00. The first-order chi connectivity index (χ1) is 8.99. The number of carbonyl (C=O) groups excluding carboxylic acids is 2. The van der Waals surface area contributed by atoms with Gasteiger partial charge in [-0.1, -0.05) is 24.6 Å². The van der Waals surface area contributed by atoms with E-state index in [9.17, 15) is 9.59 Å².